The van der Waals surface area contributed by atoms with Crippen molar-refractivity contribution >= 4 is 5.96 Å². The molecule has 1 atom stereocenters. The number of benzene rings is 1. The van der Waals surface area contributed by atoms with Gasteiger partial charge in [0.1, 0.15) is 12.4 Å². The summed E-state index contributed by atoms with van der Waals surface area (Å²) < 4.78 is 16.1. The van der Waals surface area contributed by atoms with Gasteiger partial charge in [0.25, 0.3) is 0 Å². The van der Waals surface area contributed by atoms with E-state index < -0.39 is 0 Å². The minimum Gasteiger partial charge on any atom is -0.491 e. The number of ether oxygens (including phenoxy) is 3. The predicted octanol–water partition coefficient (Wildman–Crippen LogP) is 2.12. The molecule has 1 fully saturated rings. The lowest BCUT2D eigenvalue weighted by atomic mass is 10.0. The smallest absolute Gasteiger partial charge is 0.191 e. The average molecular weight is 407 g/mol. The Morgan fingerprint density at radius 3 is 2.48 bits per heavy atom. The first-order chi connectivity index (χ1) is 14.1. The molecular weight excluding hydrogens is 368 g/mol. The van der Waals surface area contributed by atoms with Crippen LogP contribution in [0.15, 0.2) is 29.3 Å². The highest BCUT2D eigenvalue weighted by Gasteiger charge is 2.22. The Balaban J connectivity index is 1.79. The van der Waals surface area contributed by atoms with Crippen LogP contribution in [0.4, 0.5) is 0 Å². The molecule has 0 aliphatic carbocycles. The fourth-order valence-corrected chi connectivity index (χ4v) is 3.42. The number of hydrogen-bond acceptors (Lipinski definition) is 5. The zero-order chi connectivity index (χ0) is 20.9. The molecule has 1 aromatic rings. The second-order valence-electron chi connectivity index (χ2n) is 7.72. The number of rotatable bonds is 11. The summed E-state index contributed by atoms with van der Waals surface area (Å²) in [5.74, 6) is 2.34. The maximum atomic E-state index is 5.61. The number of aliphatic imine (C=N–C) groups is 1. The first-order valence-corrected chi connectivity index (χ1v) is 10.6. The van der Waals surface area contributed by atoms with Crippen molar-refractivity contribution in [2.45, 2.75) is 32.9 Å². The molecular formula is C22H38N4O3. The van der Waals surface area contributed by atoms with Crippen LogP contribution in [-0.2, 0) is 16.0 Å². The van der Waals surface area contributed by atoms with E-state index in [0.717, 1.165) is 51.0 Å². The maximum Gasteiger partial charge on any atom is 0.191 e. The molecule has 0 saturated carbocycles. The van der Waals surface area contributed by atoms with Crippen molar-refractivity contribution in [1.29, 1.82) is 0 Å². The van der Waals surface area contributed by atoms with Crippen molar-refractivity contribution in [1.82, 2.24) is 15.5 Å². The monoisotopic (exact) mass is 406 g/mol. The Labute approximate surface area is 175 Å². The lowest BCUT2D eigenvalue weighted by Crippen LogP contribution is -2.50. The zero-order valence-corrected chi connectivity index (χ0v) is 18.4. The van der Waals surface area contributed by atoms with Crippen LogP contribution in [0.3, 0.4) is 0 Å². The van der Waals surface area contributed by atoms with Crippen LogP contribution in [0.5, 0.6) is 5.75 Å². The fraction of sp³-hybridized carbons (Fsp3) is 0.682. The summed E-state index contributed by atoms with van der Waals surface area (Å²) >= 11 is 0. The van der Waals surface area contributed by atoms with E-state index in [1.54, 1.807) is 7.11 Å². The molecule has 1 aliphatic rings. The van der Waals surface area contributed by atoms with Crippen molar-refractivity contribution in [2.24, 2.45) is 10.9 Å². The van der Waals surface area contributed by atoms with Gasteiger partial charge in [-0.05, 0) is 30.0 Å². The highest BCUT2D eigenvalue weighted by atomic mass is 16.5. The molecule has 0 amide bonds. The SMILES string of the molecule is CN=C(NCc1ccc(OCCOC)cc1)NCC(CC(C)C)N1CCOCC1. The van der Waals surface area contributed by atoms with E-state index in [0.29, 0.717) is 31.7 Å². The van der Waals surface area contributed by atoms with Gasteiger partial charge in [0, 0.05) is 46.4 Å². The first kappa shape index (κ1) is 23.4. The van der Waals surface area contributed by atoms with Crippen LogP contribution in [0.2, 0.25) is 0 Å². The summed E-state index contributed by atoms with van der Waals surface area (Å²) in [4.78, 5) is 6.91. The maximum absolute atomic E-state index is 5.61. The van der Waals surface area contributed by atoms with E-state index >= 15 is 0 Å². The van der Waals surface area contributed by atoms with E-state index in [4.69, 9.17) is 14.2 Å². The van der Waals surface area contributed by atoms with Crippen LogP contribution < -0.4 is 15.4 Å². The number of hydrogen-bond donors (Lipinski definition) is 2. The number of nitrogens with zero attached hydrogens (tertiary/aromatic N) is 2. The minimum atomic E-state index is 0.487. The number of guanidine groups is 1. The fourth-order valence-electron chi connectivity index (χ4n) is 3.42. The quantitative estimate of drug-likeness (QED) is 0.333. The third-order valence-corrected chi connectivity index (χ3v) is 4.97. The summed E-state index contributed by atoms with van der Waals surface area (Å²) in [6.07, 6.45) is 1.16. The van der Waals surface area contributed by atoms with Gasteiger partial charge in [0.15, 0.2) is 5.96 Å². The van der Waals surface area contributed by atoms with Gasteiger partial charge in [-0.3, -0.25) is 9.89 Å². The lowest BCUT2D eigenvalue weighted by molar-refractivity contribution is 0.0132. The summed E-state index contributed by atoms with van der Waals surface area (Å²) in [5, 5.41) is 6.91. The van der Waals surface area contributed by atoms with Crippen molar-refractivity contribution < 1.29 is 14.2 Å². The van der Waals surface area contributed by atoms with Crippen LogP contribution in [0.25, 0.3) is 0 Å². The van der Waals surface area contributed by atoms with Crippen molar-refractivity contribution in [3.05, 3.63) is 29.8 Å². The van der Waals surface area contributed by atoms with Gasteiger partial charge in [-0.2, -0.15) is 0 Å². The Hall–Kier alpha value is -1.83. The molecule has 1 saturated heterocycles. The minimum absolute atomic E-state index is 0.487. The second kappa shape index (κ2) is 13.4. The van der Waals surface area contributed by atoms with E-state index in [2.05, 4.69) is 46.5 Å². The molecule has 1 unspecified atom stereocenters. The molecule has 0 aromatic heterocycles. The Kier molecular flexibility index (Phi) is 10.8. The summed E-state index contributed by atoms with van der Waals surface area (Å²) in [5.41, 5.74) is 1.18. The summed E-state index contributed by atoms with van der Waals surface area (Å²) in [6, 6.07) is 8.59. The van der Waals surface area contributed by atoms with Gasteiger partial charge in [0.2, 0.25) is 0 Å². The molecule has 0 radical (unpaired) electrons. The van der Waals surface area contributed by atoms with Gasteiger partial charge >= 0.3 is 0 Å². The molecule has 0 spiro atoms. The van der Waals surface area contributed by atoms with E-state index in [1.807, 2.05) is 19.2 Å². The van der Waals surface area contributed by atoms with Gasteiger partial charge in [-0.25, -0.2) is 0 Å². The van der Waals surface area contributed by atoms with Crippen LogP contribution >= 0.6 is 0 Å². The number of nitrogens with one attached hydrogen (secondary N) is 2. The van der Waals surface area contributed by atoms with E-state index in [9.17, 15) is 0 Å². The van der Waals surface area contributed by atoms with Crippen LogP contribution in [0.1, 0.15) is 25.8 Å². The summed E-state index contributed by atoms with van der Waals surface area (Å²) in [7, 11) is 3.49. The standard InChI is InChI=1S/C22H38N4O3/c1-18(2)15-20(26-9-11-28-12-10-26)17-25-22(23-3)24-16-19-5-7-21(8-6-19)29-14-13-27-4/h5-8,18,20H,9-17H2,1-4H3,(H2,23,24,25). The molecule has 7 heteroatoms. The van der Waals surface area contributed by atoms with Gasteiger partial charge in [-0.15, -0.1) is 0 Å². The molecule has 164 valence electrons. The third-order valence-electron chi connectivity index (χ3n) is 4.97. The van der Waals surface area contributed by atoms with Crippen molar-refractivity contribution in [3.8, 4) is 5.75 Å². The van der Waals surface area contributed by atoms with Gasteiger partial charge in [0.05, 0.1) is 19.8 Å². The van der Waals surface area contributed by atoms with E-state index in [-0.39, 0.29) is 0 Å². The van der Waals surface area contributed by atoms with Crippen LogP contribution in [-0.4, -0.2) is 77.1 Å². The second-order valence-corrected chi connectivity index (χ2v) is 7.72. The Morgan fingerprint density at radius 1 is 1.14 bits per heavy atom. The Bertz CT molecular complexity index is 586. The van der Waals surface area contributed by atoms with Crippen LogP contribution in [0, 0.1) is 5.92 Å². The zero-order valence-electron chi connectivity index (χ0n) is 18.4. The lowest BCUT2D eigenvalue weighted by Gasteiger charge is -2.35. The highest BCUT2D eigenvalue weighted by Crippen LogP contribution is 2.13. The predicted molar refractivity (Wildman–Crippen MR) is 118 cm³/mol. The number of morpholine rings is 1. The number of methoxy groups -OCH3 is 1. The topological polar surface area (TPSA) is 67.4 Å². The average Bonchev–Trinajstić information content (AvgIpc) is 2.74. The largest absolute Gasteiger partial charge is 0.491 e. The highest BCUT2D eigenvalue weighted by molar-refractivity contribution is 5.79. The molecule has 1 aromatic carbocycles. The van der Waals surface area contributed by atoms with E-state index in [1.165, 1.54) is 5.56 Å². The van der Waals surface area contributed by atoms with Crippen molar-refractivity contribution in [2.75, 3.05) is 60.2 Å². The molecule has 1 heterocycles. The molecule has 1 aliphatic heterocycles. The molecule has 2 rings (SSSR count). The molecule has 29 heavy (non-hydrogen) atoms. The molecule has 2 N–H and O–H groups in total. The third kappa shape index (κ3) is 9.02. The van der Waals surface area contributed by atoms with Gasteiger partial charge < -0.3 is 24.8 Å². The van der Waals surface area contributed by atoms with Gasteiger partial charge in [-0.1, -0.05) is 26.0 Å². The molecule has 7 nitrogen and oxygen atoms in total. The van der Waals surface area contributed by atoms with Crippen molar-refractivity contribution in [3.63, 3.8) is 0 Å². The normalized spacial score (nSPS) is 16.7. The summed E-state index contributed by atoms with van der Waals surface area (Å²) in [6.45, 7) is 11.0. The molecule has 0 bridgehead atoms. The Morgan fingerprint density at radius 2 is 1.86 bits per heavy atom. The first-order valence-electron chi connectivity index (χ1n) is 10.6.